The predicted octanol–water partition coefficient (Wildman–Crippen LogP) is 11.7. The summed E-state index contributed by atoms with van der Waals surface area (Å²) >= 11 is 35.4. The molecule has 0 saturated heterocycles. The summed E-state index contributed by atoms with van der Waals surface area (Å²) in [7, 11) is 0. The van der Waals surface area contributed by atoms with Gasteiger partial charge in [-0.25, -0.2) is 28.5 Å². The van der Waals surface area contributed by atoms with Gasteiger partial charge >= 0.3 is 0 Å². The third-order valence-electron chi connectivity index (χ3n) is 9.79. The normalized spacial score (nSPS) is 17.6. The molecule has 10 nitrogen and oxygen atoms in total. The number of carbonyl (C=O) groups excluding carboxylic acids is 2. The van der Waals surface area contributed by atoms with Crippen molar-refractivity contribution >= 4 is 127 Å². The first kappa shape index (κ1) is 45.1. The molecule has 4 aromatic carbocycles. The van der Waals surface area contributed by atoms with Crippen LogP contribution in [0.4, 0.5) is 32.1 Å². The molecule has 6 aromatic rings. The third kappa shape index (κ3) is 8.42. The SMILES string of the molecule is C[C@@]1(Cc2ccc(C#N)cc2)C(=O)N(c2cc(Cl)c(F)c(Cl)c2)c2ncc(I)n21.C[C@@]1(Cc2ccc(C#N)cc2)C(=O)N(c2cc(Cl)c(F)c(Cl)c2)c2nccn21.ClCCl. The van der Waals surface area contributed by atoms with Crippen LogP contribution in [-0.2, 0) is 33.5 Å². The van der Waals surface area contributed by atoms with Gasteiger partial charge in [0.15, 0.2) is 11.6 Å². The Morgan fingerprint density at radius 2 is 1.08 bits per heavy atom. The minimum atomic E-state index is -0.968. The average Bonchev–Trinajstić information content (AvgIpc) is 3.96. The molecule has 2 aliphatic rings. The number of carbonyl (C=O) groups is 2. The van der Waals surface area contributed by atoms with Crippen molar-refractivity contribution in [1.29, 1.82) is 10.5 Å². The number of rotatable bonds is 6. The van der Waals surface area contributed by atoms with Gasteiger partial charge in [0.25, 0.3) is 11.8 Å². The molecule has 60 heavy (non-hydrogen) atoms. The van der Waals surface area contributed by atoms with Gasteiger partial charge in [0, 0.05) is 25.2 Å². The van der Waals surface area contributed by atoms with Crippen LogP contribution in [-0.4, -0.2) is 36.3 Å². The van der Waals surface area contributed by atoms with Gasteiger partial charge in [-0.3, -0.25) is 14.2 Å². The van der Waals surface area contributed by atoms with Crippen LogP contribution in [0.1, 0.15) is 36.1 Å². The fraction of sp³-hybridized carbons (Fsp3) is 0.171. The molecule has 0 unspecified atom stereocenters. The molecule has 2 amide bonds. The second-order valence-electron chi connectivity index (χ2n) is 13.7. The molecule has 0 aliphatic carbocycles. The van der Waals surface area contributed by atoms with Gasteiger partial charge in [-0.2, -0.15) is 10.5 Å². The molecule has 0 spiro atoms. The second-order valence-corrected chi connectivity index (χ2v) is 17.2. The van der Waals surface area contributed by atoms with Gasteiger partial charge in [0.2, 0.25) is 11.9 Å². The molecule has 0 saturated carbocycles. The average molecular weight is 1040 g/mol. The number of hydrogen-bond donors (Lipinski definition) is 0. The zero-order chi connectivity index (χ0) is 43.7. The minimum Gasteiger partial charge on any atom is -0.301 e. The number of nitrogens with zero attached hydrogens (tertiary/aromatic N) is 8. The van der Waals surface area contributed by atoms with E-state index in [1.165, 1.54) is 34.1 Å². The Kier molecular flexibility index (Phi) is 13.7. The smallest absolute Gasteiger partial charge is 0.260 e. The van der Waals surface area contributed by atoms with Gasteiger partial charge in [0.1, 0.15) is 14.8 Å². The molecular formula is C41H27Cl6F2IN8O2. The van der Waals surface area contributed by atoms with E-state index in [1.54, 1.807) is 47.4 Å². The van der Waals surface area contributed by atoms with Crippen LogP contribution in [0.3, 0.4) is 0 Å². The van der Waals surface area contributed by atoms with Crippen molar-refractivity contribution in [3.05, 3.63) is 149 Å². The number of benzene rings is 4. The molecule has 4 heterocycles. The van der Waals surface area contributed by atoms with E-state index in [0.29, 0.717) is 47.2 Å². The van der Waals surface area contributed by atoms with Crippen molar-refractivity contribution < 1.29 is 18.4 Å². The van der Waals surface area contributed by atoms with E-state index in [1.807, 2.05) is 42.7 Å². The summed E-state index contributed by atoms with van der Waals surface area (Å²) in [6.45, 7) is 3.64. The van der Waals surface area contributed by atoms with Crippen LogP contribution in [0.5, 0.6) is 0 Å². The van der Waals surface area contributed by atoms with Crippen molar-refractivity contribution in [2.45, 2.75) is 37.8 Å². The highest BCUT2D eigenvalue weighted by atomic mass is 127. The van der Waals surface area contributed by atoms with Crippen molar-refractivity contribution in [2.24, 2.45) is 0 Å². The van der Waals surface area contributed by atoms with E-state index in [2.05, 4.69) is 44.7 Å². The van der Waals surface area contributed by atoms with Crippen LogP contribution >= 0.6 is 92.2 Å². The maximum Gasteiger partial charge on any atom is 0.260 e. The molecular weight excluding hydrogens is 1010 g/mol. The lowest BCUT2D eigenvalue weighted by atomic mass is 9.91. The third-order valence-corrected chi connectivity index (χ3v) is 11.7. The van der Waals surface area contributed by atoms with Gasteiger partial charge in [-0.1, -0.05) is 70.7 Å². The molecule has 0 bridgehead atoms. The molecule has 8 rings (SSSR count). The van der Waals surface area contributed by atoms with E-state index >= 15 is 0 Å². The summed E-state index contributed by atoms with van der Waals surface area (Å²) < 4.78 is 32.1. The summed E-state index contributed by atoms with van der Waals surface area (Å²) in [6.07, 6.45) is 5.76. The molecule has 306 valence electrons. The zero-order valence-corrected chi connectivity index (χ0v) is 37.8. The lowest BCUT2D eigenvalue weighted by molar-refractivity contribution is -0.124. The summed E-state index contributed by atoms with van der Waals surface area (Å²) in [5.74, 6) is -1.13. The first-order chi connectivity index (χ1) is 28.5. The van der Waals surface area contributed by atoms with Crippen LogP contribution < -0.4 is 9.80 Å². The van der Waals surface area contributed by atoms with E-state index in [-0.39, 0.29) is 37.2 Å². The zero-order valence-electron chi connectivity index (χ0n) is 31.1. The standard InChI is InChI=1S/C20H12Cl2FIN4O.C20H13Cl2FN4O.CH2Cl2/c1-20(8-11-2-4-12(9-25)5-3-11)18(29)27(19-26-10-16(24)28(19)20)13-6-14(21)17(23)15(22)7-13;1-20(10-12-2-4-13(11-24)5-3-12)18(28)27(19-25-6-7-26(19)20)14-8-15(21)17(23)16(22)9-14;2-1-3/h2-7,10H,8H2,1H3;2-9H,10H2,1H3;1H2/t2*20-;/m11./s1. The fourth-order valence-corrected chi connectivity index (χ4v) is 8.80. The Morgan fingerprint density at radius 1 is 0.683 bits per heavy atom. The number of anilines is 4. The van der Waals surface area contributed by atoms with Gasteiger partial charge < -0.3 is 4.57 Å². The van der Waals surface area contributed by atoms with Crippen molar-refractivity contribution in [1.82, 2.24) is 19.1 Å². The van der Waals surface area contributed by atoms with Crippen LogP contribution in [0, 0.1) is 38.0 Å². The summed E-state index contributed by atoms with van der Waals surface area (Å²) in [5, 5.41) is 17.5. The molecule has 2 atom stereocenters. The Bertz CT molecular complexity index is 2670. The number of halogens is 9. The van der Waals surface area contributed by atoms with Crippen molar-refractivity contribution in [2.75, 3.05) is 15.1 Å². The highest BCUT2D eigenvalue weighted by Crippen LogP contribution is 2.45. The van der Waals surface area contributed by atoms with E-state index in [9.17, 15) is 18.4 Å². The number of imidazole rings is 2. The molecule has 0 fully saturated rings. The number of fused-ring (bicyclic) bond motifs is 2. The molecule has 2 aliphatic heterocycles. The van der Waals surface area contributed by atoms with Crippen molar-refractivity contribution in [3.63, 3.8) is 0 Å². The number of alkyl halides is 2. The number of nitriles is 2. The van der Waals surface area contributed by atoms with E-state index in [4.69, 9.17) is 80.1 Å². The maximum atomic E-state index is 13.9. The van der Waals surface area contributed by atoms with Gasteiger partial charge in [-0.15, -0.1) is 23.2 Å². The van der Waals surface area contributed by atoms with Crippen LogP contribution in [0.2, 0.25) is 20.1 Å². The highest BCUT2D eigenvalue weighted by molar-refractivity contribution is 14.1. The largest absolute Gasteiger partial charge is 0.301 e. The van der Waals surface area contributed by atoms with E-state index < -0.39 is 22.7 Å². The second kappa shape index (κ2) is 18.3. The fourth-order valence-electron chi connectivity index (χ4n) is 6.96. The van der Waals surface area contributed by atoms with Crippen molar-refractivity contribution in [3.8, 4) is 12.1 Å². The highest BCUT2D eigenvalue weighted by Gasteiger charge is 2.51. The molecule has 0 N–H and O–H groups in total. The Balaban J connectivity index is 0.000000189. The van der Waals surface area contributed by atoms with Crippen LogP contribution in [0.25, 0.3) is 0 Å². The lowest BCUT2D eigenvalue weighted by Crippen LogP contribution is -2.41. The predicted molar refractivity (Wildman–Crippen MR) is 238 cm³/mol. The summed E-state index contributed by atoms with van der Waals surface area (Å²) in [6, 6.07) is 23.7. The number of aromatic nitrogens is 4. The van der Waals surface area contributed by atoms with E-state index in [0.717, 1.165) is 14.8 Å². The quantitative estimate of drug-likeness (QED) is 0.0930. The summed E-state index contributed by atoms with van der Waals surface area (Å²) in [4.78, 5) is 38.5. The van der Waals surface area contributed by atoms with Gasteiger partial charge in [-0.05, 0) is 96.1 Å². The monoisotopic (exact) mass is 1040 g/mol. The summed E-state index contributed by atoms with van der Waals surface area (Å²) in [5.41, 5.74) is 1.66. The Hall–Kier alpha value is -4.45. The lowest BCUT2D eigenvalue weighted by Gasteiger charge is -2.26. The number of amides is 2. The minimum absolute atomic E-state index is 0.172. The first-order valence-electron chi connectivity index (χ1n) is 17.4. The Labute approximate surface area is 386 Å². The molecule has 2 aromatic heterocycles. The van der Waals surface area contributed by atoms with Gasteiger partial charge in [0.05, 0.1) is 66.3 Å². The maximum absolute atomic E-state index is 13.9. The number of hydrogen-bond acceptors (Lipinski definition) is 6. The topological polar surface area (TPSA) is 124 Å². The molecule has 19 heteroatoms. The molecule has 0 radical (unpaired) electrons. The Morgan fingerprint density at radius 3 is 1.52 bits per heavy atom. The van der Waals surface area contributed by atoms with Crippen LogP contribution in [0.15, 0.2) is 91.4 Å². The first-order valence-corrected chi connectivity index (χ1v) is 21.0.